The first-order chi connectivity index (χ1) is 12.5. The maximum atomic E-state index is 12.2. The summed E-state index contributed by atoms with van der Waals surface area (Å²) in [5.74, 6) is 2.38. The lowest BCUT2D eigenvalue weighted by Crippen LogP contribution is -2.47. The van der Waals surface area contributed by atoms with Crippen LogP contribution in [0.4, 0.5) is 0 Å². The summed E-state index contributed by atoms with van der Waals surface area (Å²) in [4.78, 5) is 7.49. The fourth-order valence-corrected chi connectivity index (χ4v) is 5.55. The van der Waals surface area contributed by atoms with E-state index in [9.17, 15) is 4.21 Å². The predicted octanol–water partition coefficient (Wildman–Crippen LogP) is 3.36. The second-order valence-corrected chi connectivity index (χ2v) is 10.1. The van der Waals surface area contributed by atoms with Gasteiger partial charge >= 0.3 is 0 Å². The van der Waals surface area contributed by atoms with Crippen LogP contribution in [0.3, 0.4) is 0 Å². The van der Waals surface area contributed by atoms with E-state index in [1.807, 2.05) is 6.92 Å². The van der Waals surface area contributed by atoms with Crippen LogP contribution in [0.15, 0.2) is 4.99 Å². The van der Waals surface area contributed by atoms with Crippen LogP contribution in [0, 0.1) is 5.92 Å². The molecule has 0 aromatic rings. The normalized spacial score (nSPS) is 28.5. The number of piperidine rings is 1. The summed E-state index contributed by atoms with van der Waals surface area (Å²) < 4.78 is 12.2. The topological polar surface area (TPSA) is 56.7 Å². The van der Waals surface area contributed by atoms with Gasteiger partial charge in [0, 0.05) is 53.5 Å². The summed E-state index contributed by atoms with van der Waals surface area (Å²) in [5, 5.41) is 7.39. The molecule has 0 aromatic heterocycles. The molecule has 4 unspecified atom stereocenters. The standard InChI is InChI=1S/C20H40N4OS.HI/c1-5-21-20(22-14-17-9-8-12-24(15-17)16(3)4)23-18-10-7-11-19(13-18)26(25)6-2;/h16-19H,5-15H2,1-4H3,(H2,21,22,23);1H. The van der Waals surface area contributed by atoms with Gasteiger partial charge in [-0.3, -0.25) is 9.20 Å². The van der Waals surface area contributed by atoms with Gasteiger partial charge in [-0.25, -0.2) is 0 Å². The molecule has 1 saturated carbocycles. The number of hydrogen-bond donors (Lipinski definition) is 2. The number of rotatable bonds is 7. The molecule has 160 valence electrons. The molecule has 0 radical (unpaired) electrons. The molecule has 0 aromatic carbocycles. The SMILES string of the molecule is CCNC(=NCC1CCCN(C(C)C)C1)NC1CCCC(S(=O)CC)C1.I. The van der Waals surface area contributed by atoms with E-state index < -0.39 is 10.8 Å². The highest BCUT2D eigenvalue weighted by atomic mass is 127. The van der Waals surface area contributed by atoms with Crippen molar-refractivity contribution < 1.29 is 4.21 Å². The maximum Gasteiger partial charge on any atom is 0.191 e. The molecule has 2 aliphatic rings. The van der Waals surface area contributed by atoms with Gasteiger partial charge in [-0.1, -0.05) is 13.3 Å². The fraction of sp³-hybridized carbons (Fsp3) is 0.950. The van der Waals surface area contributed by atoms with Crippen molar-refractivity contribution in [2.75, 3.05) is 31.9 Å². The molecule has 0 bridgehead atoms. The zero-order valence-electron chi connectivity index (χ0n) is 17.7. The monoisotopic (exact) mass is 512 g/mol. The number of guanidine groups is 1. The molecule has 7 heteroatoms. The Balaban J connectivity index is 0.00000364. The Hall–Kier alpha value is 0.110. The van der Waals surface area contributed by atoms with E-state index in [-0.39, 0.29) is 24.0 Å². The van der Waals surface area contributed by atoms with Crippen molar-refractivity contribution >= 4 is 40.7 Å². The minimum absolute atomic E-state index is 0. The van der Waals surface area contributed by atoms with Crippen LogP contribution in [0.2, 0.25) is 0 Å². The van der Waals surface area contributed by atoms with Gasteiger partial charge in [0.25, 0.3) is 0 Å². The first-order valence-corrected chi connectivity index (χ1v) is 12.1. The van der Waals surface area contributed by atoms with Gasteiger partial charge in [-0.15, -0.1) is 24.0 Å². The van der Waals surface area contributed by atoms with Gasteiger partial charge in [-0.05, 0) is 65.3 Å². The van der Waals surface area contributed by atoms with Crippen molar-refractivity contribution in [1.82, 2.24) is 15.5 Å². The molecule has 1 heterocycles. The van der Waals surface area contributed by atoms with Crippen LogP contribution >= 0.6 is 24.0 Å². The first-order valence-electron chi connectivity index (χ1n) is 10.7. The lowest BCUT2D eigenvalue weighted by atomic mass is 9.95. The van der Waals surface area contributed by atoms with Crippen molar-refractivity contribution in [3.63, 3.8) is 0 Å². The molecule has 1 aliphatic carbocycles. The zero-order valence-corrected chi connectivity index (χ0v) is 20.9. The molecule has 5 nitrogen and oxygen atoms in total. The lowest BCUT2D eigenvalue weighted by molar-refractivity contribution is 0.143. The Morgan fingerprint density at radius 3 is 2.67 bits per heavy atom. The summed E-state index contributed by atoms with van der Waals surface area (Å²) in [5.41, 5.74) is 0. The van der Waals surface area contributed by atoms with E-state index in [2.05, 4.69) is 36.3 Å². The van der Waals surface area contributed by atoms with Crippen molar-refractivity contribution in [1.29, 1.82) is 0 Å². The number of aliphatic imine (C=N–C) groups is 1. The molecule has 2 fully saturated rings. The second kappa shape index (κ2) is 13.4. The lowest BCUT2D eigenvalue weighted by Gasteiger charge is -2.35. The molecule has 0 spiro atoms. The van der Waals surface area contributed by atoms with E-state index in [1.165, 1.54) is 32.4 Å². The molecule has 4 atom stereocenters. The van der Waals surface area contributed by atoms with Crippen LogP contribution in [-0.4, -0.2) is 64.3 Å². The number of halogens is 1. The Kier molecular flexibility index (Phi) is 12.4. The Morgan fingerprint density at radius 2 is 2.00 bits per heavy atom. The molecule has 1 aliphatic heterocycles. The summed E-state index contributed by atoms with van der Waals surface area (Å²) in [6, 6.07) is 1.03. The maximum absolute atomic E-state index is 12.2. The third-order valence-electron chi connectivity index (χ3n) is 5.76. The molecule has 1 saturated heterocycles. The predicted molar refractivity (Wildman–Crippen MR) is 129 cm³/mol. The minimum atomic E-state index is -0.675. The van der Waals surface area contributed by atoms with E-state index in [4.69, 9.17) is 4.99 Å². The van der Waals surface area contributed by atoms with Crippen molar-refractivity contribution in [2.45, 2.75) is 83.6 Å². The van der Waals surface area contributed by atoms with Gasteiger partial charge in [0.2, 0.25) is 0 Å². The fourth-order valence-electron chi connectivity index (χ4n) is 4.20. The zero-order chi connectivity index (χ0) is 18.9. The van der Waals surface area contributed by atoms with Crippen molar-refractivity contribution in [3.05, 3.63) is 0 Å². The minimum Gasteiger partial charge on any atom is -0.357 e. The highest BCUT2D eigenvalue weighted by Crippen LogP contribution is 2.23. The molecule has 2 N–H and O–H groups in total. The van der Waals surface area contributed by atoms with Crippen molar-refractivity contribution in [3.8, 4) is 0 Å². The van der Waals surface area contributed by atoms with E-state index in [0.29, 0.717) is 23.3 Å². The van der Waals surface area contributed by atoms with Gasteiger partial charge in [0.05, 0.1) is 0 Å². The Morgan fingerprint density at radius 1 is 1.22 bits per heavy atom. The van der Waals surface area contributed by atoms with E-state index in [0.717, 1.165) is 44.1 Å². The quantitative estimate of drug-likeness (QED) is 0.312. The molecular weight excluding hydrogens is 471 g/mol. The summed E-state index contributed by atoms with van der Waals surface area (Å²) >= 11 is 0. The number of likely N-dealkylation sites (tertiary alicyclic amines) is 1. The smallest absolute Gasteiger partial charge is 0.191 e. The van der Waals surface area contributed by atoms with Crippen LogP contribution in [-0.2, 0) is 10.8 Å². The highest BCUT2D eigenvalue weighted by molar-refractivity contribution is 14.0. The van der Waals surface area contributed by atoms with Crippen LogP contribution < -0.4 is 10.6 Å². The van der Waals surface area contributed by atoms with Crippen molar-refractivity contribution in [2.24, 2.45) is 10.9 Å². The number of nitrogens with zero attached hydrogens (tertiary/aromatic N) is 2. The van der Waals surface area contributed by atoms with Gasteiger partial charge < -0.3 is 15.5 Å². The third-order valence-corrected chi connectivity index (χ3v) is 7.50. The van der Waals surface area contributed by atoms with Gasteiger partial charge in [0.1, 0.15) is 0 Å². The summed E-state index contributed by atoms with van der Waals surface area (Å²) in [7, 11) is -0.675. The van der Waals surface area contributed by atoms with E-state index >= 15 is 0 Å². The molecule has 2 rings (SSSR count). The summed E-state index contributed by atoms with van der Waals surface area (Å²) in [6.45, 7) is 12.9. The molecule has 0 amide bonds. The molecule has 27 heavy (non-hydrogen) atoms. The van der Waals surface area contributed by atoms with Crippen LogP contribution in [0.5, 0.6) is 0 Å². The second-order valence-electron chi connectivity index (χ2n) is 8.12. The third kappa shape index (κ3) is 8.56. The largest absolute Gasteiger partial charge is 0.357 e. The van der Waals surface area contributed by atoms with Crippen LogP contribution in [0.1, 0.15) is 66.2 Å². The number of hydrogen-bond acceptors (Lipinski definition) is 3. The van der Waals surface area contributed by atoms with E-state index in [1.54, 1.807) is 0 Å². The van der Waals surface area contributed by atoms with Crippen LogP contribution in [0.25, 0.3) is 0 Å². The number of nitrogens with one attached hydrogen (secondary N) is 2. The molecular formula is C20H41IN4OS. The Bertz CT molecular complexity index is 475. The first kappa shape index (κ1) is 25.1. The van der Waals surface area contributed by atoms with Gasteiger partial charge in [0.15, 0.2) is 5.96 Å². The van der Waals surface area contributed by atoms with Gasteiger partial charge in [-0.2, -0.15) is 0 Å². The average Bonchev–Trinajstić information content (AvgIpc) is 2.66. The summed E-state index contributed by atoms with van der Waals surface area (Å²) in [6.07, 6.45) is 7.02. The Labute approximate surface area is 186 Å². The highest BCUT2D eigenvalue weighted by Gasteiger charge is 2.26. The average molecular weight is 513 g/mol.